The predicted molar refractivity (Wildman–Crippen MR) is 156 cm³/mol. The first-order valence-corrected chi connectivity index (χ1v) is 14.0. The van der Waals surface area contributed by atoms with E-state index in [4.69, 9.17) is 9.47 Å². The van der Waals surface area contributed by atoms with E-state index in [-0.39, 0.29) is 17.7 Å². The zero-order valence-electron chi connectivity index (χ0n) is 23.3. The molecule has 2 aromatic rings. The summed E-state index contributed by atoms with van der Waals surface area (Å²) in [7, 11) is 4.92. The minimum Gasteiger partial charge on any atom is -0.496 e. The summed E-state index contributed by atoms with van der Waals surface area (Å²) in [6, 6.07) is 7.64. The van der Waals surface area contributed by atoms with Gasteiger partial charge in [0.2, 0.25) is 11.8 Å². The van der Waals surface area contributed by atoms with Crippen molar-refractivity contribution in [3.05, 3.63) is 46.7 Å². The van der Waals surface area contributed by atoms with Gasteiger partial charge in [-0.25, -0.2) is 0 Å². The Hall–Kier alpha value is -3.00. The molecule has 0 spiro atoms. The summed E-state index contributed by atoms with van der Waals surface area (Å²) in [4.78, 5) is 26.3. The van der Waals surface area contributed by atoms with Gasteiger partial charge in [-0.2, -0.15) is 11.3 Å². The molecule has 0 saturated carbocycles. The lowest BCUT2D eigenvalue weighted by molar-refractivity contribution is -0.125. The molecule has 0 radical (unpaired) electrons. The smallest absolute Gasteiger partial charge is 0.246 e. The number of nitrogens with zero attached hydrogens (tertiary/aromatic N) is 1. The molecule has 0 fully saturated rings. The first-order chi connectivity index (χ1) is 17.9. The van der Waals surface area contributed by atoms with Crippen LogP contribution in [0.15, 0.2) is 41.1 Å². The van der Waals surface area contributed by atoms with Crippen LogP contribution in [-0.4, -0.2) is 57.6 Å². The summed E-state index contributed by atoms with van der Waals surface area (Å²) in [6.45, 7) is 7.75. The maximum Gasteiger partial charge on any atom is 0.246 e. The fourth-order valence-corrected chi connectivity index (χ4v) is 3.86. The molecular formula is C29H45N3O4S. The maximum absolute atomic E-state index is 12.5. The Morgan fingerprint density at radius 3 is 2.24 bits per heavy atom. The minimum absolute atomic E-state index is 0.0201. The van der Waals surface area contributed by atoms with Gasteiger partial charge in [0, 0.05) is 38.3 Å². The van der Waals surface area contributed by atoms with E-state index in [1.54, 1.807) is 55.7 Å². The number of thiophene rings is 1. The third-order valence-corrected chi connectivity index (χ3v) is 6.52. The van der Waals surface area contributed by atoms with Gasteiger partial charge in [-0.3, -0.25) is 9.59 Å². The molecule has 2 amide bonds. The van der Waals surface area contributed by atoms with E-state index >= 15 is 0 Å². The zero-order chi connectivity index (χ0) is 27.5. The molecule has 1 aromatic heterocycles. The zero-order valence-corrected chi connectivity index (χ0v) is 24.2. The number of methoxy groups -OCH3 is 2. The van der Waals surface area contributed by atoms with Gasteiger partial charge in [0.05, 0.1) is 25.8 Å². The van der Waals surface area contributed by atoms with Gasteiger partial charge >= 0.3 is 0 Å². The Morgan fingerprint density at radius 2 is 1.68 bits per heavy atom. The van der Waals surface area contributed by atoms with Crippen LogP contribution in [0, 0.1) is 5.92 Å². The van der Waals surface area contributed by atoms with Crippen LogP contribution >= 0.6 is 11.3 Å². The van der Waals surface area contributed by atoms with Crippen molar-refractivity contribution in [3.8, 4) is 11.5 Å². The number of likely N-dealkylation sites (N-methyl/N-ethyl adjacent to an activating group) is 1. The SMILES string of the molecule is CCCCCCCNC(=O)C(C)CNc1c(OC)ccc(OC)c1/C=C/C(=O)N(C)CC.c1ccsc1. The second kappa shape index (κ2) is 19.2. The average Bonchev–Trinajstić information content (AvgIpc) is 3.51. The lowest BCUT2D eigenvalue weighted by Crippen LogP contribution is -2.33. The van der Waals surface area contributed by atoms with Crippen molar-refractivity contribution in [2.45, 2.75) is 52.9 Å². The number of benzene rings is 1. The van der Waals surface area contributed by atoms with E-state index < -0.39 is 0 Å². The highest BCUT2D eigenvalue weighted by Crippen LogP contribution is 2.36. The molecule has 0 saturated heterocycles. The number of unbranched alkanes of at least 4 members (excludes halogenated alkanes) is 4. The molecule has 1 unspecified atom stereocenters. The molecule has 0 aliphatic heterocycles. The lowest BCUT2D eigenvalue weighted by atomic mass is 10.1. The van der Waals surface area contributed by atoms with Crippen LogP contribution in [-0.2, 0) is 9.59 Å². The van der Waals surface area contributed by atoms with Crippen molar-refractivity contribution in [1.82, 2.24) is 10.2 Å². The summed E-state index contributed by atoms with van der Waals surface area (Å²) in [5, 5.41) is 10.4. The predicted octanol–water partition coefficient (Wildman–Crippen LogP) is 6.08. The summed E-state index contributed by atoms with van der Waals surface area (Å²) < 4.78 is 11.0. The number of anilines is 1. The Bertz CT molecular complexity index is 914. The highest BCUT2D eigenvalue weighted by atomic mass is 32.1. The van der Waals surface area contributed by atoms with E-state index in [1.807, 2.05) is 36.7 Å². The fraction of sp³-hybridized carbons (Fsp3) is 0.517. The van der Waals surface area contributed by atoms with Crippen LogP contribution in [0.25, 0.3) is 6.08 Å². The first kappa shape index (κ1) is 32.0. The topological polar surface area (TPSA) is 79.9 Å². The van der Waals surface area contributed by atoms with Gasteiger partial charge < -0.3 is 25.0 Å². The fourth-order valence-electron chi connectivity index (χ4n) is 3.40. The van der Waals surface area contributed by atoms with Gasteiger partial charge in [-0.1, -0.05) is 51.7 Å². The van der Waals surface area contributed by atoms with E-state index in [0.717, 1.165) is 12.8 Å². The third-order valence-electron chi connectivity index (χ3n) is 5.89. The quantitative estimate of drug-likeness (QED) is 0.215. The molecule has 2 N–H and O–H groups in total. The molecule has 8 heteroatoms. The van der Waals surface area contributed by atoms with Gasteiger partial charge in [0.15, 0.2) is 0 Å². The van der Waals surface area contributed by atoms with E-state index in [0.29, 0.717) is 42.4 Å². The van der Waals surface area contributed by atoms with Crippen molar-refractivity contribution in [1.29, 1.82) is 0 Å². The number of carbonyl (C=O) groups is 2. The first-order valence-electron chi connectivity index (χ1n) is 13.1. The molecule has 0 aliphatic rings. The Kier molecular flexibility index (Phi) is 16.6. The second-order valence-corrected chi connectivity index (χ2v) is 9.54. The third kappa shape index (κ3) is 12.2. The Morgan fingerprint density at radius 1 is 1.03 bits per heavy atom. The van der Waals surface area contributed by atoms with Crippen molar-refractivity contribution in [2.24, 2.45) is 5.92 Å². The monoisotopic (exact) mass is 531 g/mol. The number of rotatable bonds is 15. The number of nitrogens with one attached hydrogen (secondary N) is 2. The largest absolute Gasteiger partial charge is 0.496 e. The Balaban J connectivity index is 0.00000121. The Labute approximate surface area is 227 Å². The van der Waals surface area contributed by atoms with Crippen molar-refractivity contribution in [2.75, 3.05) is 46.2 Å². The highest BCUT2D eigenvalue weighted by Gasteiger charge is 2.17. The average molecular weight is 532 g/mol. The van der Waals surface area contributed by atoms with Crippen LogP contribution in [0.4, 0.5) is 5.69 Å². The van der Waals surface area contributed by atoms with Crippen LogP contribution < -0.4 is 20.1 Å². The van der Waals surface area contributed by atoms with E-state index in [1.165, 1.54) is 25.3 Å². The van der Waals surface area contributed by atoms with E-state index in [9.17, 15) is 9.59 Å². The van der Waals surface area contributed by atoms with Gasteiger partial charge in [0.25, 0.3) is 0 Å². The van der Waals surface area contributed by atoms with Gasteiger partial charge in [-0.05, 0) is 42.3 Å². The molecule has 1 aromatic carbocycles. The van der Waals surface area contributed by atoms with Crippen molar-refractivity contribution in [3.63, 3.8) is 0 Å². The van der Waals surface area contributed by atoms with Crippen LogP contribution in [0.2, 0.25) is 0 Å². The van der Waals surface area contributed by atoms with Crippen LogP contribution in [0.3, 0.4) is 0 Å². The molecule has 1 atom stereocenters. The number of amides is 2. The molecule has 37 heavy (non-hydrogen) atoms. The summed E-state index contributed by atoms with van der Waals surface area (Å²) in [5.41, 5.74) is 1.39. The molecule has 2 rings (SSSR count). The molecule has 1 heterocycles. The summed E-state index contributed by atoms with van der Waals surface area (Å²) >= 11 is 1.71. The lowest BCUT2D eigenvalue weighted by Gasteiger charge is -2.19. The molecule has 7 nitrogen and oxygen atoms in total. The summed E-state index contributed by atoms with van der Waals surface area (Å²) in [5.74, 6) is 0.916. The van der Waals surface area contributed by atoms with Gasteiger partial charge in [-0.15, -0.1) is 0 Å². The summed E-state index contributed by atoms with van der Waals surface area (Å²) in [6.07, 6.45) is 9.05. The second-order valence-electron chi connectivity index (χ2n) is 8.72. The highest BCUT2D eigenvalue weighted by molar-refractivity contribution is 7.07. The minimum atomic E-state index is -0.230. The van der Waals surface area contributed by atoms with Crippen molar-refractivity contribution >= 4 is 34.9 Å². The van der Waals surface area contributed by atoms with E-state index in [2.05, 4.69) is 17.6 Å². The maximum atomic E-state index is 12.5. The number of hydrogen-bond acceptors (Lipinski definition) is 6. The molecule has 206 valence electrons. The number of hydrogen-bond donors (Lipinski definition) is 2. The number of ether oxygens (including phenoxy) is 2. The molecule has 0 aliphatic carbocycles. The molecular weight excluding hydrogens is 486 g/mol. The standard InChI is InChI=1S/C25H41N3O4.C4H4S/c1-7-9-10-11-12-17-26-25(30)19(3)18-27-24-20(13-16-23(29)28(4)8-2)21(31-5)14-15-22(24)32-6;1-2-4-5-3-1/h13-16,19,27H,7-12,17-18H2,1-6H3,(H,26,30);1-4H/b16-13+;. The van der Waals surface area contributed by atoms with Crippen molar-refractivity contribution < 1.29 is 19.1 Å². The number of carbonyl (C=O) groups excluding carboxylic acids is 2. The normalized spacial score (nSPS) is 11.3. The van der Waals surface area contributed by atoms with Crippen LogP contribution in [0.5, 0.6) is 11.5 Å². The molecule has 0 bridgehead atoms. The van der Waals surface area contributed by atoms with Gasteiger partial charge in [0.1, 0.15) is 11.5 Å². The van der Waals surface area contributed by atoms with Crippen LogP contribution in [0.1, 0.15) is 58.4 Å².